The molecular formula is C21H30N4O. The molecule has 1 aliphatic rings. The fourth-order valence-corrected chi connectivity index (χ4v) is 2.85. The number of aryl methyl sites for hydroxylation is 1. The summed E-state index contributed by atoms with van der Waals surface area (Å²) >= 11 is 0. The number of hydrogen-bond donors (Lipinski definition) is 2. The van der Waals surface area contributed by atoms with Crippen LogP contribution >= 0.6 is 0 Å². The number of amides is 2. The lowest BCUT2D eigenvalue weighted by Crippen LogP contribution is -2.38. The van der Waals surface area contributed by atoms with Gasteiger partial charge in [-0.3, -0.25) is 0 Å². The minimum Gasteiger partial charge on any atom is -0.370 e. The number of fused-ring (bicyclic) bond motifs is 1. The standard InChI is InChI=1S/C21H30N4O/c1-15(2)7-8-16(3)17(4)14-25(21(22)26)13-11-19-10-9-18-6-5-12-23-20(18)24-19/h7-10H,1,5-6,11-14H2,2-4H3,(H2,22,26)(H,23,24). The van der Waals surface area contributed by atoms with Crippen molar-refractivity contribution < 1.29 is 4.79 Å². The molecule has 0 radical (unpaired) electrons. The Bertz CT molecular complexity index is 734. The number of rotatable bonds is 7. The first-order valence-corrected chi connectivity index (χ1v) is 9.14. The van der Waals surface area contributed by atoms with Crippen LogP contribution < -0.4 is 11.1 Å². The van der Waals surface area contributed by atoms with Gasteiger partial charge in [0.1, 0.15) is 5.82 Å². The van der Waals surface area contributed by atoms with E-state index in [0.29, 0.717) is 19.5 Å². The Labute approximate surface area is 156 Å². The number of carbonyl (C=O) groups excluding carboxylic acids is 1. The van der Waals surface area contributed by atoms with Gasteiger partial charge in [0.25, 0.3) is 0 Å². The smallest absolute Gasteiger partial charge is 0.315 e. The first kappa shape index (κ1) is 19.8. The molecule has 0 saturated heterocycles. The highest BCUT2D eigenvalue weighted by Crippen LogP contribution is 2.20. The van der Waals surface area contributed by atoms with Gasteiger partial charge >= 0.3 is 6.03 Å². The van der Waals surface area contributed by atoms with Crippen molar-refractivity contribution in [1.29, 1.82) is 0 Å². The number of urea groups is 1. The largest absolute Gasteiger partial charge is 0.370 e. The molecule has 0 atom stereocenters. The number of nitrogens with two attached hydrogens (primary N) is 1. The first-order valence-electron chi connectivity index (χ1n) is 9.14. The summed E-state index contributed by atoms with van der Waals surface area (Å²) in [6.45, 7) is 11.9. The number of carbonyl (C=O) groups is 1. The quantitative estimate of drug-likeness (QED) is 0.731. The van der Waals surface area contributed by atoms with Crippen molar-refractivity contribution in [3.63, 3.8) is 0 Å². The van der Waals surface area contributed by atoms with Crippen LogP contribution in [0.3, 0.4) is 0 Å². The predicted octanol–water partition coefficient (Wildman–Crippen LogP) is 3.83. The van der Waals surface area contributed by atoms with E-state index >= 15 is 0 Å². The highest BCUT2D eigenvalue weighted by molar-refractivity contribution is 5.72. The van der Waals surface area contributed by atoms with E-state index in [-0.39, 0.29) is 0 Å². The Morgan fingerprint density at radius 1 is 1.35 bits per heavy atom. The third-order valence-electron chi connectivity index (χ3n) is 4.62. The summed E-state index contributed by atoms with van der Waals surface area (Å²) in [4.78, 5) is 18.2. The molecule has 0 aliphatic carbocycles. The van der Waals surface area contributed by atoms with E-state index in [9.17, 15) is 4.79 Å². The zero-order valence-corrected chi connectivity index (χ0v) is 16.1. The molecule has 1 aromatic heterocycles. The van der Waals surface area contributed by atoms with Crippen molar-refractivity contribution in [3.8, 4) is 0 Å². The van der Waals surface area contributed by atoms with E-state index in [1.165, 1.54) is 5.56 Å². The molecule has 0 unspecified atom stereocenters. The second-order valence-corrected chi connectivity index (χ2v) is 6.99. The highest BCUT2D eigenvalue weighted by atomic mass is 16.2. The summed E-state index contributed by atoms with van der Waals surface area (Å²) in [5, 5.41) is 3.35. The van der Waals surface area contributed by atoms with Gasteiger partial charge in [-0.1, -0.05) is 41.5 Å². The van der Waals surface area contributed by atoms with E-state index in [4.69, 9.17) is 5.73 Å². The van der Waals surface area contributed by atoms with Crippen LogP contribution in [0.15, 0.2) is 47.6 Å². The van der Waals surface area contributed by atoms with Gasteiger partial charge in [0.05, 0.1) is 0 Å². The molecule has 0 fully saturated rings. The van der Waals surface area contributed by atoms with Crippen molar-refractivity contribution in [3.05, 3.63) is 58.8 Å². The lowest BCUT2D eigenvalue weighted by atomic mass is 10.1. The summed E-state index contributed by atoms with van der Waals surface area (Å²) in [6, 6.07) is 3.78. The Balaban J connectivity index is 2.01. The predicted molar refractivity (Wildman–Crippen MR) is 108 cm³/mol. The third kappa shape index (κ3) is 5.76. The molecule has 5 nitrogen and oxygen atoms in total. The normalized spacial score (nSPS) is 14.4. The van der Waals surface area contributed by atoms with Crippen molar-refractivity contribution in [1.82, 2.24) is 9.88 Å². The van der Waals surface area contributed by atoms with Crippen LogP contribution in [0.25, 0.3) is 0 Å². The van der Waals surface area contributed by atoms with Crippen LogP contribution in [0.5, 0.6) is 0 Å². The molecule has 2 amide bonds. The van der Waals surface area contributed by atoms with Crippen LogP contribution in [0, 0.1) is 0 Å². The second-order valence-electron chi connectivity index (χ2n) is 6.99. The van der Waals surface area contributed by atoms with Gasteiger partial charge in [0, 0.05) is 31.7 Å². The lowest BCUT2D eigenvalue weighted by Gasteiger charge is -2.22. The summed E-state index contributed by atoms with van der Waals surface area (Å²) in [6.07, 6.45) is 6.90. The van der Waals surface area contributed by atoms with Gasteiger partial charge < -0.3 is 16.0 Å². The van der Waals surface area contributed by atoms with Crippen LogP contribution in [-0.2, 0) is 12.8 Å². The fourth-order valence-electron chi connectivity index (χ4n) is 2.85. The minimum atomic E-state index is -0.405. The second kappa shape index (κ2) is 9.22. The maximum atomic E-state index is 11.8. The van der Waals surface area contributed by atoms with E-state index in [1.54, 1.807) is 4.90 Å². The summed E-state index contributed by atoms with van der Waals surface area (Å²) < 4.78 is 0. The Morgan fingerprint density at radius 3 is 2.81 bits per heavy atom. The molecule has 5 heteroatoms. The molecule has 26 heavy (non-hydrogen) atoms. The number of anilines is 1. The minimum absolute atomic E-state index is 0.405. The van der Waals surface area contributed by atoms with Crippen molar-refractivity contribution >= 4 is 11.8 Å². The van der Waals surface area contributed by atoms with Crippen LogP contribution in [-0.4, -0.2) is 35.5 Å². The van der Waals surface area contributed by atoms with Crippen molar-refractivity contribution in [2.75, 3.05) is 25.0 Å². The van der Waals surface area contributed by atoms with E-state index in [0.717, 1.165) is 47.6 Å². The van der Waals surface area contributed by atoms with Crippen molar-refractivity contribution in [2.24, 2.45) is 5.73 Å². The molecule has 2 rings (SSSR count). The maximum absolute atomic E-state index is 11.8. The number of hydrogen-bond acceptors (Lipinski definition) is 3. The topological polar surface area (TPSA) is 71.2 Å². The van der Waals surface area contributed by atoms with Crippen molar-refractivity contribution in [2.45, 2.75) is 40.0 Å². The molecule has 0 saturated carbocycles. The molecule has 0 aromatic carbocycles. The van der Waals surface area contributed by atoms with Gasteiger partial charge in [0.2, 0.25) is 0 Å². The summed E-state index contributed by atoms with van der Waals surface area (Å²) in [7, 11) is 0. The van der Waals surface area contributed by atoms with Gasteiger partial charge in [0.15, 0.2) is 0 Å². The number of nitrogens with one attached hydrogen (secondary N) is 1. The number of pyridine rings is 1. The molecule has 0 spiro atoms. The zero-order chi connectivity index (χ0) is 19.1. The monoisotopic (exact) mass is 354 g/mol. The average molecular weight is 354 g/mol. The average Bonchev–Trinajstić information content (AvgIpc) is 2.62. The zero-order valence-electron chi connectivity index (χ0n) is 16.1. The van der Waals surface area contributed by atoms with E-state index in [1.807, 2.05) is 32.9 Å². The Hall–Kier alpha value is -2.56. The first-order chi connectivity index (χ1) is 12.4. The molecule has 1 aromatic rings. The number of allylic oxidation sites excluding steroid dienone is 4. The fraction of sp³-hybridized carbons (Fsp3) is 0.429. The number of nitrogens with zero attached hydrogens (tertiary/aromatic N) is 2. The molecule has 3 N–H and O–H groups in total. The number of aromatic nitrogens is 1. The SMILES string of the molecule is C=C(C)C=CC(C)=C(C)CN(CCc1ccc2c(n1)NCCC2)C(N)=O. The Kier molecular flexibility index (Phi) is 7.01. The van der Waals surface area contributed by atoms with Crippen LogP contribution in [0.2, 0.25) is 0 Å². The van der Waals surface area contributed by atoms with Crippen LogP contribution in [0.1, 0.15) is 38.4 Å². The van der Waals surface area contributed by atoms with Gasteiger partial charge in [-0.15, -0.1) is 0 Å². The van der Waals surface area contributed by atoms with E-state index < -0.39 is 6.03 Å². The lowest BCUT2D eigenvalue weighted by molar-refractivity contribution is 0.212. The van der Waals surface area contributed by atoms with Gasteiger partial charge in [-0.2, -0.15) is 0 Å². The van der Waals surface area contributed by atoms with E-state index in [2.05, 4.69) is 29.0 Å². The van der Waals surface area contributed by atoms with Crippen LogP contribution in [0.4, 0.5) is 10.6 Å². The van der Waals surface area contributed by atoms with Gasteiger partial charge in [-0.25, -0.2) is 9.78 Å². The summed E-state index contributed by atoms with van der Waals surface area (Å²) in [5.41, 5.74) is 11.1. The number of primary amides is 1. The Morgan fingerprint density at radius 2 is 2.12 bits per heavy atom. The molecule has 140 valence electrons. The van der Waals surface area contributed by atoms with Gasteiger partial charge in [-0.05, 0) is 45.2 Å². The molecule has 0 bridgehead atoms. The summed E-state index contributed by atoms with van der Waals surface area (Å²) in [5.74, 6) is 0.983. The third-order valence-corrected chi connectivity index (χ3v) is 4.62. The molecule has 2 heterocycles. The highest BCUT2D eigenvalue weighted by Gasteiger charge is 2.14. The molecular weight excluding hydrogens is 324 g/mol. The maximum Gasteiger partial charge on any atom is 0.315 e. The molecule has 1 aliphatic heterocycles.